The van der Waals surface area contributed by atoms with Crippen molar-refractivity contribution >= 4 is 11.7 Å². The lowest BCUT2D eigenvalue weighted by Gasteiger charge is -2.30. The van der Waals surface area contributed by atoms with Crippen molar-refractivity contribution in [2.75, 3.05) is 26.4 Å². The number of piperidine rings is 1. The molecule has 1 aromatic heterocycles. The lowest BCUT2D eigenvalue weighted by molar-refractivity contribution is 0.144. The summed E-state index contributed by atoms with van der Waals surface area (Å²) < 4.78 is 26.1. The van der Waals surface area contributed by atoms with E-state index in [1.807, 2.05) is 0 Å². The molecule has 3 rings (SSSR count). The number of nitrogens with zero attached hydrogens (tertiary/aromatic N) is 3. The van der Waals surface area contributed by atoms with Crippen LogP contribution in [0.15, 0.2) is 0 Å². The highest BCUT2D eigenvalue weighted by atomic mass is 32.1. The van der Waals surface area contributed by atoms with Crippen LogP contribution in [-0.2, 0) is 0 Å². The molecule has 4 atom stereocenters. The second-order valence-electron chi connectivity index (χ2n) is 5.22. The highest BCUT2D eigenvalue weighted by Gasteiger charge is 2.41. The van der Waals surface area contributed by atoms with Gasteiger partial charge < -0.3 is 9.84 Å². The predicted molar refractivity (Wildman–Crippen MR) is 69.0 cm³/mol. The fourth-order valence-electron chi connectivity index (χ4n) is 3.00. The van der Waals surface area contributed by atoms with Crippen molar-refractivity contribution in [2.45, 2.75) is 31.4 Å². The lowest BCUT2D eigenvalue weighted by Crippen LogP contribution is -2.31. The van der Waals surface area contributed by atoms with E-state index < -0.39 is 0 Å². The lowest BCUT2D eigenvalue weighted by atomic mass is 9.93. The van der Waals surface area contributed by atoms with Gasteiger partial charge in [0.15, 0.2) is 0 Å². The maximum absolute atomic E-state index is 12.1. The van der Waals surface area contributed by atoms with Crippen LogP contribution in [0.25, 0.3) is 0 Å². The molecule has 2 fully saturated rings. The van der Waals surface area contributed by atoms with Gasteiger partial charge in [-0.15, -0.1) is 4.37 Å². The highest BCUT2D eigenvalue weighted by Crippen LogP contribution is 2.41. The Kier molecular flexibility index (Phi) is 3.95. The van der Waals surface area contributed by atoms with Crippen LogP contribution in [0.3, 0.4) is 0 Å². The van der Waals surface area contributed by atoms with E-state index in [9.17, 15) is 9.50 Å². The molecule has 0 aliphatic carbocycles. The molecule has 2 saturated heterocycles. The van der Waals surface area contributed by atoms with Gasteiger partial charge in [0.2, 0.25) is 0 Å². The molecule has 0 spiro atoms. The van der Waals surface area contributed by atoms with Crippen LogP contribution in [0.2, 0.25) is 0 Å². The van der Waals surface area contributed by atoms with Gasteiger partial charge >= 0.3 is 0 Å². The second kappa shape index (κ2) is 5.68. The minimum absolute atomic E-state index is 0.188. The first-order valence-electron chi connectivity index (χ1n) is 6.73. The number of rotatable bonds is 5. The average Bonchev–Trinajstić information content (AvgIpc) is 2.97. The van der Waals surface area contributed by atoms with Crippen molar-refractivity contribution in [3.8, 4) is 5.88 Å². The fourth-order valence-corrected chi connectivity index (χ4v) is 3.55. The number of aliphatic hydroxyl groups excluding tert-OH is 1. The van der Waals surface area contributed by atoms with Crippen LogP contribution in [0, 0.1) is 5.92 Å². The normalized spacial score (nSPS) is 33.6. The van der Waals surface area contributed by atoms with Crippen molar-refractivity contribution in [2.24, 2.45) is 5.92 Å². The van der Waals surface area contributed by atoms with Gasteiger partial charge in [0.05, 0.1) is 37.2 Å². The quantitative estimate of drug-likeness (QED) is 0.830. The Labute approximate surface area is 115 Å². The van der Waals surface area contributed by atoms with E-state index in [4.69, 9.17) is 4.74 Å². The summed E-state index contributed by atoms with van der Waals surface area (Å²) in [7, 11) is 0. The van der Waals surface area contributed by atoms with Gasteiger partial charge in [-0.2, -0.15) is 4.37 Å². The topological polar surface area (TPSA) is 58.5 Å². The number of aromatic nitrogens is 2. The van der Waals surface area contributed by atoms with E-state index in [-0.39, 0.29) is 18.8 Å². The number of hydrogen-bond acceptors (Lipinski definition) is 6. The Bertz CT molecular complexity index is 429. The molecule has 4 unspecified atom stereocenters. The smallest absolute Gasteiger partial charge is 0.250 e. The molecular formula is C12H18FN3O2S. The molecule has 1 aromatic rings. The first-order valence-corrected chi connectivity index (χ1v) is 7.46. The average molecular weight is 287 g/mol. The second-order valence-corrected chi connectivity index (χ2v) is 5.75. The summed E-state index contributed by atoms with van der Waals surface area (Å²) in [4.78, 5) is 2.26. The molecule has 0 amide bonds. The molecule has 0 aromatic carbocycles. The van der Waals surface area contributed by atoms with Gasteiger partial charge in [0.25, 0.3) is 5.88 Å². The zero-order valence-corrected chi connectivity index (χ0v) is 11.5. The molecule has 2 aliphatic heterocycles. The van der Waals surface area contributed by atoms with Crippen LogP contribution in [0.1, 0.15) is 31.0 Å². The fraction of sp³-hybridized carbons (Fsp3) is 0.833. The number of aliphatic hydroxyl groups is 1. The summed E-state index contributed by atoms with van der Waals surface area (Å²) in [5.41, 5.74) is 0.858. The highest BCUT2D eigenvalue weighted by molar-refractivity contribution is 6.99. The van der Waals surface area contributed by atoms with E-state index in [0.717, 1.165) is 36.8 Å². The predicted octanol–water partition coefficient (Wildman–Crippen LogP) is 1.40. The third-order valence-electron chi connectivity index (χ3n) is 4.00. The van der Waals surface area contributed by atoms with E-state index >= 15 is 0 Å². The summed E-state index contributed by atoms with van der Waals surface area (Å²) in [5.74, 6) is 0.946. The molecule has 106 valence electrons. The van der Waals surface area contributed by atoms with Crippen molar-refractivity contribution in [3.05, 3.63) is 5.69 Å². The van der Waals surface area contributed by atoms with Crippen molar-refractivity contribution in [1.29, 1.82) is 0 Å². The molecule has 7 heteroatoms. The van der Waals surface area contributed by atoms with Gasteiger partial charge in [-0.05, 0) is 18.8 Å². The minimum Gasteiger partial charge on any atom is -0.476 e. The van der Waals surface area contributed by atoms with Gasteiger partial charge in [-0.3, -0.25) is 9.29 Å². The number of halogens is 1. The Hall–Kier alpha value is -0.790. The summed E-state index contributed by atoms with van der Waals surface area (Å²) in [6.07, 6.45) is 2.16. The van der Waals surface area contributed by atoms with Crippen molar-refractivity contribution < 1.29 is 14.2 Å². The molecule has 2 bridgehead atoms. The van der Waals surface area contributed by atoms with Gasteiger partial charge in [-0.1, -0.05) is 0 Å². The van der Waals surface area contributed by atoms with Crippen LogP contribution >= 0.6 is 11.7 Å². The van der Waals surface area contributed by atoms with Crippen molar-refractivity contribution in [3.63, 3.8) is 0 Å². The van der Waals surface area contributed by atoms with Gasteiger partial charge in [0, 0.05) is 19.5 Å². The summed E-state index contributed by atoms with van der Waals surface area (Å²) in [5, 5.41) is 9.91. The van der Waals surface area contributed by atoms with Crippen LogP contribution < -0.4 is 4.74 Å². The molecule has 5 nitrogen and oxygen atoms in total. The molecule has 0 radical (unpaired) electrons. The molecule has 0 saturated carbocycles. The molecule has 1 N–H and O–H groups in total. The Morgan fingerprint density at radius 3 is 3.11 bits per heavy atom. The maximum atomic E-state index is 12.1. The Morgan fingerprint density at radius 2 is 2.26 bits per heavy atom. The minimum atomic E-state index is -0.379. The van der Waals surface area contributed by atoms with E-state index in [2.05, 4.69) is 13.6 Å². The summed E-state index contributed by atoms with van der Waals surface area (Å²) in [6.45, 7) is 1.59. The monoisotopic (exact) mass is 287 g/mol. The van der Waals surface area contributed by atoms with Crippen molar-refractivity contribution in [1.82, 2.24) is 13.6 Å². The standard InChI is InChI=1S/C12H18FN3O2S/c13-4-1-5-18-12-11(14-19-15-12)9-3-2-8-6-16(9)7-10(8)17/h8-10,17H,1-7H2. The number of ether oxygens (including phenoxy) is 1. The Balaban J connectivity index is 1.70. The third kappa shape index (κ3) is 2.59. The largest absolute Gasteiger partial charge is 0.476 e. The van der Waals surface area contributed by atoms with E-state index in [1.165, 1.54) is 0 Å². The Morgan fingerprint density at radius 1 is 1.37 bits per heavy atom. The zero-order valence-electron chi connectivity index (χ0n) is 10.7. The maximum Gasteiger partial charge on any atom is 0.250 e. The molecule has 3 heterocycles. The number of hydrogen-bond donors (Lipinski definition) is 1. The zero-order chi connectivity index (χ0) is 13.2. The summed E-state index contributed by atoms with van der Waals surface area (Å²) in [6, 6.07) is 0.188. The summed E-state index contributed by atoms with van der Waals surface area (Å²) >= 11 is 1.14. The SMILES string of the molecule is OC1CN2CC1CCC2c1nsnc1OCCCF. The molecule has 2 aliphatic rings. The van der Waals surface area contributed by atoms with Gasteiger partial charge in [-0.25, -0.2) is 0 Å². The first-order chi connectivity index (χ1) is 9.29. The first kappa shape index (κ1) is 13.2. The van der Waals surface area contributed by atoms with E-state index in [0.29, 0.717) is 31.4 Å². The third-order valence-corrected chi connectivity index (χ3v) is 4.53. The molecular weight excluding hydrogens is 269 g/mol. The number of fused-ring (bicyclic) bond motifs is 2. The van der Waals surface area contributed by atoms with Crippen LogP contribution in [0.5, 0.6) is 5.88 Å². The van der Waals surface area contributed by atoms with Crippen LogP contribution in [-0.4, -0.2) is 51.2 Å². The molecule has 19 heavy (non-hydrogen) atoms. The van der Waals surface area contributed by atoms with Gasteiger partial charge in [0.1, 0.15) is 5.69 Å². The van der Waals surface area contributed by atoms with E-state index in [1.54, 1.807) is 0 Å². The van der Waals surface area contributed by atoms with Crippen LogP contribution in [0.4, 0.5) is 4.39 Å². The number of alkyl halides is 1.